The van der Waals surface area contributed by atoms with Gasteiger partial charge in [-0.25, -0.2) is 0 Å². The van der Waals surface area contributed by atoms with Gasteiger partial charge in [-0.05, 0) is 31.5 Å². The number of nitrogens with zero attached hydrogens (tertiary/aromatic N) is 1. The second-order valence-electron chi connectivity index (χ2n) is 5.42. The van der Waals surface area contributed by atoms with Gasteiger partial charge < -0.3 is 16.4 Å². The molecule has 1 fully saturated rings. The minimum Gasteiger partial charge on any atom is -0.352 e. The maximum atomic E-state index is 12.0. The summed E-state index contributed by atoms with van der Waals surface area (Å²) in [4.78, 5) is 25.3. The van der Waals surface area contributed by atoms with E-state index in [2.05, 4.69) is 10.6 Å². The van der Waals surface area contributed by atoms with E-state index in [1.165, 1.54) is 0 Å². The largest absolute Gasteiger partial charge is 0.352 e. The molecule has 0 atom stereocenters. The summed E-state index contributed by atoms with van der Waals surface area (Å²) in [5.74, 6) is -0.187. The van der Waals surface area contributed by atoms with Crippen molar-refractivity contribution in [3.05, 3.63) is 29.8 Å². The Balaban J connectivity index is 1.78. The molecule has 21 heavy (non-hydrogen) atoms. The summed E-state index contributed by atoms with van der Waals surface area (Å²) in [5, 5.41) is 5.72. The number of amides is 2. The van der Waals surface area contributed by atoms with Crippen LogP contribution in [0.2, 0.25) is 0 Å². The van der Waals surface area contributed by atoms with Gasteiger partial charge in [-0.3, -0.25) is 14.5 Å². The fourth-order valence-corrected chi connectivity index (χ4v) is 2.06. The van der Waals surface area contributed by atoms with Crippen LogP contribution in [0.15, 0.2) is 24.3 Å². The molecule has 114 valence electrons. The highest BCUT2D eigenvalue weighted by atomic mass is 16.2. The van der Waals surface area contributed by atoms with Crippen molar-refractivity contribution in [2.45, 2.75) is 25.4 Å². The second kappa shape index (κ2) is 7.19. The van der Waals surface area contributed by atoms with E-state index in [1.807, 2.05) is 24.3 Å². The third kappa shape index (κ3) is 5.17. The number of carbonyl (C=O) groups is 2. The average Bonchev–Trinajstić information content (AvgIpc) is 3.22. The van der Waals surface area contributed by atoms with Crippen molar-refractivity contribution in [3.63, 3.8) is 0 Å². The Morgan fingerprint density at radius 3 is 2.57 bits per heavy atom. The molecule has 6 nitrogen and oxygen atoms in total. The topological polar surface area (TPSA) is 87.5 Å². The maximum absolute atomic E-state index is 12.0. The molecule has 1 saturated carbocycles. The fourth-order valence-electron chi connectivity index (χ4n) is 2.06. The number of nitrogens with two attached hydrogens (primary N) is 1. The molecule has 4 N–H and O–H groups in total. The van der Waals surface area contributed by atoms with Crippen LogP contribution in [0.4, 0.5) is 5.69 Å². The lowest BCUT2D eigenvalue weighted by Crippen LogP contribution is -2.39. The van der Waals surface area contributed by atoms with Gasteiger partial charge in [0, 0.05) is 18.3 Å². The Bertz CT molecular complexity index is 514. The predicted molar refractivity (Wildman–Crippen MR) is 81.6 cm³/mol. The van der Waals surface area contributed by atoms with E-state index in [9.17, 15) is 9.59 Å². The van der Waals surface area contributed by atoms with Gasteiger partial charge >= 0.3 is 0 Å². The molecule has 6 heteroatoms. The Labute approximate surface area is 124 Å². The molecule has 0 aliphatic heterocycles. The molecule has 0 bridgehead atoms. The average molecular weight is 290 g/mol. The quantitative estimate of drug-likeness (QED) is 0.674. The highest BCUT2D eigenvalue weighted by Crippen LogP contribution is 2.18. The number of rotatable bonds is 7. The summed E-state index contributed by atoms with van der Waals surface area (Å²) in [7, 11) is 1.75. The maximum Gasteiger partial charge on any atom is 0.238 e. The van der Waals surface area contributed by atoms with Gasteiger partial charge in [-0.1, -0.05) is 18.2 Å². The normalized spacial score (nSPS) is 14.0. The molecule has 1 aliphatic rings. The first kappa shape index (κ1) is 15.5. The number of hydrogen-bond acceptors (Lipinski definition) is 4. The van der Waals surface area contributed by atoms with E-state index in [1.54, 1.807) is 11.9 Å². The van der Waals surface area contributed by atoms with Crippen molar-refractivity contribution in [1.82, 2.24) is 10.2 Å². The molecular weight excluding hydrogens is 268 g/mol. The van der Waals surface area contributed by atoms with Crippen LogP contribution in [-0.4, -0.2) is 42.9 Å². The van der Waals surface area contributed by atoms with Crippen LogP contribution < -0.4 is 16.4 Å². The lowest BCUT2D eigenvalue weighted by Gasteiger charge is -2.16. The molecule has 0 radical (unpaired) electrons. The zero-order chi connectivity index (χ0) is 15.2. The van der Waals surface area contributed by atoms with Gasteiger partial charge in [0.05, 0.1) is 13.1 Å². The van der Waals surface area contributed by atoms with Crippen LogP contribution in [0.3, 0.4) is 0 Å². The zero-order valence-corrected chi connectivity index (χ0v) is 12.3. The highest BCUT2D eigenvalue weighted by molar-refractivity contribution is 5.93. The number of benzene rings is 1. The molecule has 0 unspecified atom stereocenters. The monoisotopic (exact) mass is 290 g/mol. The number of hydrogen-bond donors (Lipinski definition) is 3. The van der Waals surface area contributed by atoms with Crippen LogP contribution in [0.25, 0.3) is 0 Å². The van der Waals surface area contributed by atoms with E-state index in [-0.39, 0.29) is 24.9 Å². The standard InChI is InChI=1S/C15H22N4O2/c1-19(9-14(20)17-12-6-7-12)10-15(21)18-13-5-3-2-4-11(13)8-16/h2-5,12H,6-10,16H2,1H3,(H,17,20)(H,18,21). The first-order valence-corrected chi connectivity index (χ1v) is 7.14. The SMILES string of the molecule is CN(CC(=O)Nc1ccccc1CN)CC(=O)NC1CC1. The van der Waals surface area contributed by atoms with E-state index in [0.717, 1.165) is 24.1 Å². The first-order valence-electron chi connectivity index (χ1n) is 7.14. The molecule has 0 aromatic heterocycles. The molecule has 2 rings (SSSR count). The molecule has 1 aromatic rings. The number of anilines is 1. The third-order valence-electron chi connectivity index (χ3n) is 3.28. The Kier molecular flexibility index (Phi) is 5.30. The fraction of sp³-hybridized carbons (Fsp3) is 0.467. The predicted octanol–water partition coefficient (Wildman–Crippen LogP) is 0.294. The van der Waals surface area contributed by atoms with Crippen LogP contribution in [0.5, 0.6) is 0 Å². The summed E-state index contributed by atoms with van der Waals surface area (Å²) in [6.45, 7) is 0.759. The van der Waals surface area contributed by atoms with Crippen molar-refractivity contribution < 1.29 is 9.59 Å². The van der Waals surface area contributed by atoms with Crippen molar-refractivity contribution in [2.24, 2.45) is 5.73 Å². The van der Waals surface area contributed by atoms with Gasteiger partial charge in [0.1, 0.15) is 0 Å². The number of carbonyl (C=O) groups excluding carboxylic acids is 2. The molecular formula is C15H22N4O2. The Morgan fingerprint density at radius 1 is 1.24 bits per heavy atom. The van der Waals surface area contributed by atoms with Crippen LogP contribution >= 0.6 is 0 Å². The smallest absolute Gasteiger partial charge is 0.238 e. The minimum absolute atomic E-state index is 0.0323. The van der Waals surface area contributed by atoms with Crippen LogP contribution in [0, 0.1) is 0 Å². The zero-order valence-electron chi connectivity index (χ0n) is 12.3. The first-order chi connectivity index (χ1) is 10.1. The Hall–Kier alpha value is -1.92. The van der Waals surface area contributed by atoms with Gasteiger partial charge in [0.25, 0.3) is 0 Å². The van der Waals surface area contributed by atoms with Crippen LogP contribution in [0.1, 0.15) is 18.4 Å². The van der Waals surface area contributed by atoms with Gasteiger partial charge in [-0.2, -0.15) is 0 Å². The number of para-hydroxylation sites is 1. The Morgan fingerprint density at radius 2 is 1.90 bits per heavy atom. The molecule has 1 aliphatic carbocycles. The molecule has 0 heterocycles. The van der Waals surface area contributed by atoms with Gasteiger partial charge in [0.15, 0.2) is 0 Å². The number of nitrogens with one attached hydrogen (secondary N) is 2. The lowest BCUT2D eigenvalue weighted by atomic mass is 10.2. The minimum atomic E-state index is -0.155. The number of likely N-dealkylation sites (N-methyl/N-ethyl adjacent to an activating group) is 1. The highest BCUT2D eigenvalue weighted by Gasteiger charge is 2.23. The van der Waals surface area contributed by atoms with E-state index >= 15 is 0 Å². The van der Waals surface area contributed by atoms with Gasteiger partial charge in [-0.15, -0.1) is 0 Å². The second-order valence-corrected chi connectivity index (χ2v) is 5.42. The van der Waals surface area contributed by atoms with Gasteiger partial charge in [0.2, 0.25) is 11.8 Å². The third-order valence-corrected chi connectivity index (χ3v) is 3.28. The van der Waals surface area contributed by atoms with E-state index in [4.69, 9.17) is 5.73 Å². The van der Waals surface area contributed by atoms with E-state index < -0.39 is 0 Å². The lowest BCUT2D eigenvalue weighted by molar-refractivity contribution is -0.123. The van der Waals surface area contributed by atoms with Crippen molar-refractivity contribution in [2.75, 3.05) is 25.5 Å². The molecule has 0 saturated heterocycles. The summed E-state index contributed by atoms with van der Waals surface area (Å²) in [6.07, 6.45) is 2.12. The summed E-state index contributed by atoms with van der Waals surface area (Å²) in [5.41, 5.74) is 7.24. The summed E-state index contributed by atoms with van der Waals surface area (Å²) >= 11 is 0. The summed E-state index contributed by atoms with van der Waals surface area (Å²) in [6, 6.07) is 7.77. The van der Waals surface area contributed by atoms with Crippen molar-refractivity contribution in [1.29, 1.82) is 0 Å². The van der Waals surface area contributed by atoms with Crippen LogP contribution in [-0.2, 0) is 16.1 Å². The van der Waals surface area contributed by atoms with Crippen molar-refractivity contribution >= 4 is 17.5 Å². The summed E-state index contributed by atoms with van der Waals surface area (Å²) < 4.78 is 0. The molecule has 2 amide bonds. The van der Waals surface area contributed by atoms with E-state index in [0.29, 0.717) is 12.6 Å². The van der Waals surface area contributed by atoms with Crippen molar-refractivity contribution in [3.8, 4) is 0 Å². The molecule has 0 spiro atoms. The molecule has 1 aromatic carbocycles.